The van der Waals surface area contributed by atoms with Crippen molar-refractivity contribution in [3.8, 4) is 0 Å². The number of benzene rings is 1. The summed E-state index contributed by atoms with van der Waals surface area (Å²) < 4.78 is 13.0. The van der Waals surface area contributed by atoms with E-state index in [0.29, 0.717) is 5.02 Å². The Hall–Kier alpha value is -0.600. The molecule has 0 atom stereocenters. The number of halogens is 2. The largest absolute Gasteiger partial charge is 0.311 e. The molecule has 1 rings (SSSR count). The predicted octanol–water partition coefficient (Wildman–Crippen LogP) is 2.93. The van der Waals surface area contributed by atoms with Gasteiger partial charge < -0.3 is 5.32 Å². The maximum absolute atomic E-state index is 13.0. The van der Waals surface area contributed by atoms with Crippen molar-refractivity contribution in [3.05, 3.63) is 34.6 Å². The van der Waals surface area contributed by atoms with Crippen LogP contribution in [0, 0.1) is 5.82 Å². The number of hydrogen-bond donors (Lipinski definition) is 1. The van der Waals surface area contributed by atoms with Crippen molar-refractivity contribution in [3.63, 3.8) is 0 Å². The molecule has 0 saturated carbocycles. The van der Waals surface area contributed by atoms with E-state index in [4.69, 9.17) is 11.6 Å². The minimum atomic E-state index is -0.300. The van der Waals surface area contributed by atoms with Crippen molar-refractivity contribution < 1.29 is 4.39 Å². The smallest absolute Gasteiger partial charge is 0.125 e. The maximum Gasteiger partial charge on any atom is 0.125 e. The van der Waals surface area contributed by atoms with Gasteiger partial charge in [-0.25, -0.2) is 4.39 Å². The summed E-state index contributed by atoms with van der Waals surface area (Å²) in [5.74, 6) is -0.300. The van der Waals surface area contributed by atoms with Crippen LogP contribution in [0.15, 0.2) is 18.2 Å². The zero-order valence-corrected chi connectivity index (χ0v) is 8.74. The molecule has 0 aliphatic heterocycles. The average Bonchev–Trinajstić information content (AvgIpc) is 2.02. The molecule has 0 saturated heterocycles. The Morgan fingerprint density at radius 1 is 1.31 bits per heavy atom. The highest BCUT2D eigenvalue weighted by molar-refractivity contribution is 6.30. The molecule has 3 heteroatoms. The number of rotatable bonds is 2. The van der Waals surface area contributed by atoms with Gasteiger partial charge in [0.15, 0.2) is 0 Å². The lowest BCUT2D eigenvalue weighted by Gasteiger charge is -2.24. The number of nitrogens with one attached hydrogen (secondary N) is 1. The first kappa shape index (κ1) is 10.5. The number of hydrogen-bond acceptors (Lipinski definition) is 1. The molecule has 0 fully saturated rings. The van der Waals surface area contributed by atoms with E-state index in [1.165, 1.54) is 12.1 Å². The third-order valence-corrected chi connectivity index (χ3v) is 2.43. The van der Waals surface area contributed by atoms with Gasteiger partial charge in [-0.1, -0.05) is 11.6 Å². The van der Waals surface area contributed by atoms with Gasteiger partial charge >= 0.3 is 0 Å². The molecular formula is C10H13ClFN. The van der Waals surface area contributed by atoms with E-state index in [-0.39, 0.29) is 11.4 Å². The van der Waals surface area contributed by atoms with Crippen LogP contribution >= 0.6 is 11.6 Å². The van der Waals surface area contributed by atoms with Crippen LogP contribution in [0.1, 0.15) is 19.4 Å². The van der Waals surface area contributed by atoms with Gasteiger partial charge in [-0.3, -0.25) is 0 Å². The molecule has 0 unspecified atom stereocenters. The minimum Gasteiger partial charge on any atom is -0.311 e. The predicted molar refractivity (Wildman–Crippen MR) is 53.5 cm³/mol. The first-order chi connectivity index (χ1) is 5.95. The van der Waals surface area contributed by atoms with E-state index in [9.17, 15) is 4.39 Å². The second-order valence-corrected chi connectivity index (χ2v) is 3.97. The summed E-state index contributed by atoms with van der Waals surface area (Å²) in [5.41, 5.74) is 0.589. The molecule has 1 aromatic carbocycles. The van der Waals surface area contributed by atoms with Crippen molar-refractivity contribution in [1.29, 1.82) is 0 Å². The highest BCUT2D eigenvalue weighted by Crippen LogP contribution is 2.23. The van der Waals surface area contributed by atoms with Gasteiger partial charge in [-0.05, 0) is 44.7 Å². The average molecular weight is 202 g/mol. The molecule has 1 aromatic rings. The van der Waals surface area contributed by atoms with Crippen molar-refractivity contribution in [2.24, 2.45) is 0 Å². The Morgan fingerprint density at radius 3 is 2.38 bits per heavy atom. The van der Waals surface area contributed by atoms with Gasteiger partial charge in [-0.2, -0.15) is 0 Å². The highest BCUT2D eigenvalue weighted by Gasteiger charge is 2.18. The third-order valence-electron chi connectivity index (χ3n) is 2.21. The summed E-state index contributed by atoms with van der Waals surface area (Å²) in [6, 6.07) is 4.56. The summed E-state index contributed by atoms with van der Waals surface area (Å²) in [6.07, 6.45) is 0. The SMILES string of the molecule is CNC(C)(C)c1cc(F)cc(Cl)c1. The van der Waals surface area contributed by atoms with Crippen LogP contribution in [0.4, 0.5) is 4.39 Å². The lowest BCUT2D eigenvalue weighted by molar-refractivity contribution is 0.441. The molecule has 0 aromatic heterocycles. The van der Waals surface area contributed by atoms with Crippen LogP contribution in [0.3, 0.4) is 0 Å². The lowest BCUT2D eigenvalue weighted by atomic mass is 9.95. The Kier molecular flexibility index (Phi) is 2.94. The van der Waals surface area contributed by atoms with Crippen LogP contribution < -0.4 is 5.32 Å². The summed E-state index contributed by atoms with van der Waals surface area (Å²) in [4.78, 5) is 0. The minimum absolute atomic E-state index is 0.258. The Morgan fingerprint density at radius 2 is 1.92 bits per heavy atom. The Bertz CT molecular complexity index is 290. The second kappa shape index (κ2) is 3.64. The molecule has 0 radical (unpaired) electrons. The molecule has 0 amide bonds. The molecule has 0 spiro atoms. The van der Waals surface area contributed by atoms with E-state index in [1.54, 1.807) is 6.07 Å². The molecule has 1 N–H and O–H groups in total. The normalized spacial score (nSPS) is 11.8. The van der Waals surface area contributed by atoms with Crippen molar-refractivity contribution in [1.82, 2.24) is 5.32 Å². The van der Waals surface area contributed by atoms with Gasteiger partial charge in [0.25, 0.3) is 0 Å². The Labute approximate surface area is 82.9 Å². The van der Waals surface area contributed by atoms with Crippen LogP contribution in [-0.4, -0.2) is 7.05 Å². The fraction of sp³-hybridized carbons (Fsp3) is 0.400. The first-order valence-electron chi connectivity index (χ1n) is 4.11. The van der Waals surface area contributed by atoms with E-state index in [0.717, 1.165) is 5.56 Å². The topological polar surface area (TPSA) is 12.0 Å². The molecule has 0 bridgehead atoms. The lowest BCUT2D eigenvalue weighted by Crippen LogP contribution is -2.33. The van der Waals surface area contributed by atoms with Crippen LogP contribution in [0.5, 0.6) is 0 Å². The van der Waals surface area contributed by atoms with Crippen molar-refractivity contribution >= 4 is 11.6 Å². The second-order valence-electron chi connectivity index (χ2n) is 3.53. The molecule has 0 aliphatic carbocycles. The third kappa shape index (κ3) is 2.42. The molecular weight excluding hydrogens is 189 g/mol. The highest BCUT2D eigenvalue weighted by atomic mass is 35.5. The Balaban J connectivity index is 3.15. The fourth-order valence-corrected chi connectivity index (χ4v) is 1.28. The van der Waals surface area contributed by atoms with Crippen molar-refractivity contribution in [2.45, 2.75) is 19.4 Å². The van der Waals surface area contributed by atoms with E-state index < -0.39 is 0 Å². The molecule has 0 heterocycles. The van der Waals surface area contributed by atoms with Gasteiger partial charge in [-0.15, -0.1) is 0 Å². The van der Waals surface area contributed by atoms with Crippen LogP contribution in [-0.2, 0) is 5.54 Å². The molecule has 1 nitrogen and oxygen atoms in total. The summed E-state index contributed by atoms with van der Waals surface area (Å²) in [5, 5.41) is 3.52. The van der Waals surface area contributed by atoms with Gasteiger partial charge in [0.05, 0.1) is 0 Å². The summed E-state index contributed by atoms with van der Waals surface area (Å²) >= 11 is 5.75. The standard InChI is InChI=1S/C10H13ClFN/c1-10(2,13-3)7-4-8(11)6-9(12)5-7/h4-6,13H,1-3H3. The molecule has 0 aliphatic rings. The summed E-state index contributed by atoms with van der Waals surface area (Å²) in [6.45, 7) is 3.94. The van der Waals surface area contributed by atoms with E-state index >= 15 is 0 Å². The van der Waals surface area contributed by atoms with Gasteiger partial charge in [0, 0.05) is 10.6 Å². The molecule has 13 heavy (non-hydrogen) atoms. The van der Waals surface area contributed by atoms with Crippen molar-refractivity contribution in [2.75, 3.05) is 7.05 Å². The zero-order chi connectivity index (χ0) is 10.1. The quantitative estimate of drug-likeness (QED) is 0.776. The maximum atomic E-state index is 13.0. The van der Waals surface area contributed by atoms with Crippen LogP contribution in [0.2, 0.25) is 5.02 Å². The summed E-state index contributed by atoms with van der Waals surface area (Å²) in [7, 11) is 1.83. The monoisotopic (exact) mass is 201 g/mol. The first-order valence-corrected chi connectivity index (χ1v) is 4.49. The van der Waals surface area contributed by atoms with Gasteiger partial charge in [0.1, 0.15) is 5.82 Å². The van der Waals surface area contributed by atoms with E-state index in [2.05, 4.69) is 5.32 Å². The fourth-order valence-electron chi connectivity index (χ4n) is 1.06. The van der Waals surface area contributed by atoms with E-state index in [1.807, 2.05) is 20.9 Å². The zero-order valence-electron chi connectivity index (χ0n) is 7.99. The van der Waals surface area contributed by atoms with Crippen LogP contribution in [0.25, 0.3) is 0 Å². The molecule has 72 valence electrons. The van der Waals surface area contributed by atoms with Gasteiger partial charge in [0.2, 0.25) is 0 Å².